The summed E-state index contributed by atoms with van der Waals surface area (Å²) in [6.45, 7) is 3.28. The molecule has 2 aromatic rings. The van der Waals surface area contributed by atoms with Gasteiger partial charge in [-0.05, 0) is 24.1 Å². The summed E-state index contributed by atoms with van der Waals surface area (Å²) in [4.78, 5) is 22.4. The van der Waals surface area contributed by atoms with E-state index < -0.39 is 0 Å². The van der Waals surface area contributed by atoms with Gasteiger partial charge in [-0.2, -0.15) is 0 Å². The van der Waals surface area contributed by atoms with E-state index >= 15 is 0 Å². The molecule has 0 radical (unpaired) electrons. The summed E-state index contributed by atoms with van der Waals surface area (Å²) in [7, 11) is 0. The number of hydrogen-bond donors (Lipinski definition) is 0. The summed E-state index contributed by atoms with van der Waals surface area (Å²) in [6.07, 6.45) is 4.30. The summed E-state index contributed by atoms with van der Waals surface area (Å²) < 4.78 is 0. The number of aromatic nitrogens is 2. The van der Waals surface area contributed by atoms with Crippen LogP contribution in [0.4, 0.5) is 0 Å². The van der Waals surface area contributed by atoms with Crippen LogP contribution < -0.4 is 0 Å². The number of carbonyl (C=O) groups excluding carboxylic acids is 1. The second-order valence-electron chi connectivity index (χ2n) is 4.71. The maximum Gasteiger partial charge on any atom is 0.254 e. The SMILES string of the molecule is CCc1ccc(C(=O)N2Cc3cncnc3C2)cc1. The maximum atomic E-state index is 12.4. The third-order valence-corrected chi connectivity index (χ3v) is 3.48. The Morgan fingerprint density at radius 1 is 1.26 bits per heavy atom. The molecule has 1 aromatic carbocycles. The smallest absolute Gasteiger partial charge is 0.254 e. The topological polar surface area (TPSA) is 46.1 Å². The first-order chi connectivity index (χ1) is 9.28. The number of hydrogen-bond acceptors (Lipinski definition) is 3. The Morgan fingerprint density at radius 3 is 2.74 bits per heavy atom. The van der Waals surface area contributed by atoms with E-state index in [-0.39, 0.29) is 5.91 Å². The van der Waals surface area contributed by atoms with Crippen LogP contribution in [0, 0.1) is 0 Å². The molecule has 19 heavy (non-hydrogen) atoms. The fraction of sp³-hybridized carbons (Fsp3) is 0.267. The van der Waals surface area contributed by atoms with Crippen LogP contribution in [-0.2, 0) is 19.5 Å². The van der Waals surface area contributed by atoms with Crippen molar-refractivity contribution in [2.75, 3.05) is 0 Å². The Hall–Kier alpha value is -2.23. The summed E-state index contributed by atoms with van der Waals surface area (Å²) in [5.74, 6) is 0.0562. The Kier molecular flexibility index (Phi) is 2.99. The van der Waals surface area contributed by atoms with E-state index in [9.17, 15) is 4.79 Å². The number of rotatable bonds is 2. The van der Waals surface area contributed by atoms with Gasteiger partial charge >= 0.3 is 0 Å². The molecule has 0 unspecified atom stereocenters. The van der Waals surface area contributed by atoms with E-state index in [1.807, 2.05) is 24.3 Å². The van der Waals surface area contributed by atoms with Crippen molar-refractivity contribution in [2.45, 2.75) is 26.4 Å². The van der Waals surface area contributed by atoms with Gasteiger partial charge in [-0.15, -0.1) is 0 Å². The van der Waals surface area contributed by atoms with Crippen LogP contribution in [0.3, 0.4) is 0 Å². The molecular weight excluding hydrogens is 238 g/mol. The normalized spacial score (nSPS) is 13.4. The van der Waals surface area contributed by atoms with E-state index in [1.165, 1.54) is 11.9 Å². The van der Waals surface area contributed by atoms with Gasteiger partial charge in [0, 0.05) is 23.9 Å². The average Bonchev–Trinajstić information content (AvgIpc) is 2.90. The van der Waals surface area contributed by atoms with Crippen molar-refractivity contribution in [3.8, 4) is 0 Å². The minimum atomic E-state index is 0.0562. The highest BCUT2D eigenvalue weighted by atomic mass is 16.2. The predicted octanol–water partition coefficient (Wildman–Crippen LogP) is 2.20. The third kappa shape index (κ3) is 2.21. The van der Waals surface area contributed by atoms with Crippen LogP contribution in [0.5, 0.6) is 0 Å². The molecule has 4 nitrogen and oxygen atoms in total. The van der Waals surface area contributed by atoms with Crippen LogP contribution >= 0.6 is 0 Å². The average molecular weight is 253 g/mol. The molecule has 3 rings (SSSR count). The molecule has 0 spiro atoms. The number of nitrogens with zero attached hydrogens (tertiary/aromatic N) is 3. The summed E-state index contributed by atoms with van der Waals surface area (Å²) >= 11 is 0. The lowest BCUT2D eigenvalue weighted by Crippen LogP contribution is -2.25. The molecule has 4 heteroatoms. The monoisotopic (exact) mass is 253 g/mol. The fourth-order valence-corrected chi connectivity index (χ4v) is 2.31. The van der Waals surface area contributed by atoms with E-state index in [0.717, 1.165) is 23.2 Å². The molecule has 0 saturated heterocycles. The summed E-state index contributed by atoms with van der Waals surface area (Å²) in [5.41, 5.74) is 3.97. The zero-order valence-corrected chi connectivity index (χ0v) is 10.8. The van der Waals surface area contributed by atoms with Crippen molar-refractivity contribution in [2.24, 2.45) is 0 Å². The first-order valence-corrected chi connectivity index (χ1v) is 6.44. The van der Waals surface area contributed by atoms with Gasteiger partial charge < -0.3 is 4.90 Å². The van der Waals surface area contributed by atoms with Gasteiger partial charge in [0.1, 0.15) is 6.33 Å². The van der Waals surface area contributed by atoms with Gasteiger partial charge in [0.25, 0.3) is 5.91 Å². The second kappa shape index (κ2) is 4.80. The van der Waals surface area contributed by atoms with Gasteiger partial charge in [0.05, 0.1) is 12.2 Å². The van der Waals surface area contributed by atoms with Crippen molar-refractivity contribution in [1.29, 1.82) is 0 Å². The van der Waals surface area contributed by atoms with E-state index in [1.54, 1.807) is 11.1 Å². The van der Waals surface area contributed by atoms with Gasteiger partial charge in [-0.3, -0.25) is 4.79 Å². The quantitative estimate of drug-likeness (QED) is 0.824. The fourth-order valence-electron chi connectivity index (χ4n) is 2.31. The molecular formula is C15H15N3O. The second-order valence-corrected chi connectivity index (χ2v) is 4.71. The molecule has 96 valence electrons. The van der Waals surface area contributed by atoms with Crippen LogP contribution in [0.15, 0.2) is 36.8 Å². The van der Waals surface area contributed by atoms with Crippen LogP contribution in [0.25, 0.3) is 0 Å². The molecule has 1 aromatic heterocycles. The van der Waals surface area contributed by atoms with Crippen molar-refractivity contribution in [3.63, 3.8) is 0 Å². The standard InChI is InChI=1S/C15H15N3O/c1-2-11-3-5-12(6-4-11)15(19)18-8-13-7-16-10-17-14(13)9-18/h3-7,10H,2,8-9H2,1H3. The predicted molar refractivity (Wildman–Crippen MR) is 71.4 cm³/mol. The Morgan fingerprint density at radius 2 is 2.05 bits per heavy atom. The van der Waals surface area contributed by atoms with Crippen molar-refractivity contribution < 1.29 is 4.79 Å². The molecule has 0 atom stereocenters. The summed E-state index contributed by atoms with van der Waals surface area (Å²) in [6, 6.07) is 7.82. The molecule has 0 aliphatic carbocycles. The van der Waals surface area contributed by atoms with E-state index in [2.05, 4.69) is 16.9 Å². The van der Waals surface area contributed by atoms with Gasteiger partial charge in [0.2, 0.25) is 0 Å². The Labute approximate surface area is 112 Å². The van der Waals surface area contributed by atoms with Crippen molar-refractivity contribution >= 4 is 5.91 Å². The lowest BCUT2D eigenvalue weighted by atomic mass is 10.1. The molecule has 1 aliphatic rings. The first-order valence-electron chi connectivity index (χ1n) is 6.44. The van der Waals surface area contributed by atoms with E-state index in [4.69, 9.17) is 0 Å². The molecule has 1 amide bonds. The van der Waals surface area contributed by atoms with Gasteiger partial charge in [-0.25, -0.2) is 9.97 Å². The maximum absolute atomic E-state index is 12.4. The number of carbonyl (C=O) groups is 1. The third-order valence-electron chi connectivity index (χ3n) is 3.48. The lowest BCUT2D eigenvalue weighted by Gasteiger charge is -2.15. The Bertz CT molecular complexity index is 582. The zero-order chi connectivity index (χ0) is 13.2. The number of aryl methyl sites for hydroxylation is 1. The van der Waals surface area contributed by atoms with Crippen LogP contribution in [-0.4, -0.2) is 20.8 Å². The van der Waals surface area contributed by atoms with Crippen LogP contribution in [0.2, 0.25) is 0 Å². The van der Waals surface area contributed by atoms with Gasteiger partial charge in [-0.1, -0.05) is 19.1 Å². The molecule has 1 aliphatic heterocycles. The van der Waals surface area contributed by atoms with Crippen molar-refractivity contribution in [1.82, 2.24) is 14.9 Å². The molecule has 0 bridgehead atoms. The zero-order valence-electron chi connectivity index (χ0n) is 10.8. The molecule has 2 heterocycles. The molecule has 0 saturated carbocycles. The van der Waals surface area contributed by atoms with Gasteiger partial charge in [0.15, 0.2) is 0 Å². The highest BCUT2D eigenvalue weighted by Crippen LogP contribution is 2.21. The Balaban J connectivity index is 1.79. The number of fused-ring (bicyclic) bond motifs is 1. The largest absolute Gasteiger partial charge is 0.328 e. The molecule has 0 N–H and O–H groups in total. The molecule has 0 fully saturated rings. The minimum Gasteiger partial charge on any atom is -0.328 e. The minimum absolute atomic E-state index is 0.0562. The number of amides is 1. The highest BCUT2D eigenvalue weighted by Gasteiger charge is 2.25. The first kappa shape index (κ1) is 11.8. The highest BCUT2D eigenvalue weighted by molar-refractivity contribution is 5.94. The van der Waals surface area contributed by atoms with E-state index in [0.29, 0.717) is 13.1 Å². The van der Waals surface area contributed by atoms with Crippen LogP contribution in [0.1, 0.15) is 34.1 Å². The lowest BCUT2D eigenvalue weighted by molar-refractivity contribution is 0.0750. The van der Waals surface area contributed by atoms with Crippen molar-refractivity contribution in [3.05, 3.63) is 59.2 Å². The number of benzene rings is 1. The summed E-state index contributed by atoms with van der Waals surface area (Å²) in [5, 5.41) is 0.